The van der Waals surface area contributed by atoms with E-state index in [-0.39, 0.29) is 5.41 Å². The molecule has 1 fully saturated rings. The molecule has 1 aliphatic heterocycles. The van der Waals surface area contributed by atoms with E-state index in [1.165, 1.54) is 11.1 Å². The summed E-state index contributed by atoms with van der Waals surface area (Å²) in [4.78, 5) is 2.55. The first-order chi connectivity index (χ1) is 10.9. The van der Waals surface area contributed by atoms with Crippen molar-refractivity contribution in [2.75, 3.05) is 39.3 Å². The van der Waals surface area contributed by atoms with Crippen molar-refractivity contribution in [2.45, 2.75) is 46.5 Å². The van der Waals surface area contributed by atoms with E-state index in [0.717, 1.165) is 51.5 Å². The molecule has 0 unspecified atom stereocenters. The summed E-state index contributed by atoms with van der Waals surface area (Å²) in [6, 6.07) is 6.76. The van der Waals surface area contributed by atoms with Gasteiger partial charge in [0, 0.05) is 32.7 Å². The molecule has 0 atom stereocenters. The van der Waals surface area contributed by atoms with Gasteiger partial charge >= 0.3 is 0 Å². The summed E-state index contributed by atoms with van der Waals surface area (Å²) >= 11 is 0. The topological polar surface area (TPSA) is 24.5 Å². The van der Waals surface area contributed by atoms with Gasteiger partial charge in [0.15, 0.2) is 0 Å². The van der Waals surface area contributed by atoms with E-state index in [1.807, 2.05) is 0 Å². The highest BCUT2D eigenvalue weighted by Crippen LogP contribution is 2.29. The second kappa shape index (κ2) is 8.16. The van der Waals surface area contributed by atoms with Crippen LogP contribution in [0.4, 0.5) is 0 Å². The van der Waals surface area contributed by atoms with Crippen LogP contribution in [0.1, 0.15) is 45.7 Å². The van der Waals surface area contributed by atoms with Crippen LogP contribution in [-0.4, -0.2) is 44.2 Å². The van der Waals surface area contributed by atoms with Crippen LogP contribution >= 0.6 is 0 Å². The normalized spacial score (nSPS) is 16.8. The molecule has 0 saturated carbocycles. The molecule has 23 heavy (non-hydrogen) atoms. The fourth-order valence-corrected chi connectivity index (χ4v) is 2.85. The fraction of sp³-hybridized carbons (Fsp3) is 0.700. The van der Waals surface area contributed by atoms with E-state index in [0.29, 0.717) is 5.92 Å². The van der Waals surface area contributed by atoms with Crippen molar-refractivity contribution in [1.29, 1.82) is 0 Å². The molecule has 0 radical (unpaired) electrons. The average molecular weight is 319 g/mol. The average Bonchev–Trinajstić information content (AvgIpc) is 2.51. The first-order valence-electron chi connectivity index (χ1n) is 9.05. The van der Waals surface area contributed by atoms with E-state index in [4.69, 9.17) is 4.74 Å². The molecule has 0 bridgehead atoms. The van der Waals surface area contributed by atoms with Crippen LogP contribution in [-0.2, 0) is 11.8 Å². The molecule has 1 aromatic carbocycles. The lowest BCUT2D eigenvalue weighted by Gasteiger charge is -2.28. The fourth-order valence-electron chi connectivity index (χ4n) is 2.85. The standard InChI is InChI=1S/C20H34N2O/c1-16(2)15-23-19-7-6-18(20(3,4)5)14-17(19)8-11-22-12-9-21-10-13-22/h6-7,14,16,21H,8-13,15H2,1-5H3. The Hall–Kier alpha value is -1.06. The van der Waals surface area contributed by atoms with Gasteiger partial charge in [-0.15, -0.1) is 0 Å². The summed E-state index contributed by atoms with van der Waals surface area (Å²) in [5, 5.41) is 3.42. The summed E-state index contributed by atoms with van der Waals surface area (Å²) in [6.07, 6.45) is 1.07. The van der Waals surface area contributed by atoms with Crippen molar-refractivity contribution in [1.82, 2.24) is 10.2 Å². The van der Waals surface area contributed by atoms with E-state index in [9.17, 15) is 0 Å². The van der Waals surface area contributed by atoms with Crippen LogP contribution in [0.25, 0.3) is 0 Å². The molecule has 0 aromatic heterocycles. The smallest absolute Gasteiger partial charge is 0.122 e. The van der Waals surface area contributed by atoms with Crippen molar-refractivity contribution in [3.05, 3.63) is 29.3 Å². The van der Waals surface area contributed by atoms with Gasteiger partial charge in [-0.3, -0.25) is 0 Å². The Kier molecular flexibility index (Phi) is 6.49. The summed E-state index contributed by atoms with van der Waals surface area (Å²) in [5.41, 5.74) is 2.93. The quantitative estimate of drug-likeness (QED) is 0.869. The van der Waals surface area contributed by atoms with Crippen molar-refractivity contribution < 1.29 is 4.74 Å². The Morgan fingerprint density at radius 2 is 1.87 bits per heavy atom. The number of hydrogen-bond acceptors (Lipinski definition) is 3. The lowest BCUT2D eigenvalue weighted by molar-refractivity contribution is 0.239. The first-order valence-corrected chi connectivity index (χ1v) is 9.05. The second-order valence-corrected chi connectivity index (χ2v) is 8.12. The molecule has 2 rings (SSSR count). The largest absolute Gasteiger partial charge is 0.493 e. The Bertz CT molecular complexity index is 485. The lowest BCUT2D eigenvalue weighted by Crippen LogP contribution is -2.44. The molecule has 0 aliphatic carbocycles. The van der Waals surface area contributed by atoms with Crippen molar-refractivity contribution in [3.8, 4) is 5.75 Å². The van der Waals surface area contributed by atoms with Crippen molar-refractivity contribution in [2.24, 2.45) is 5.92 Å². The third kappa shape index (κ3) is 5.82. The van der Waals surface area contributed by atoms with E-state index >= 15 is 0 Å². The number of benzene rings is 1. The SMILES string of the molecule is CC(C)COc1ccc(C(C)(C)C)cc1CCN1CCNCC1. The van der Waals surface area contributed by atoms with Gasteiger partial charge in [-0.2, -0.15) is 0 Å². The zero-order valence-corrected chi connectivity index (χ0v) is 15.6. The molecule has 130 valence electrons. The highest BCUT2D eigenvalue weighted by Gasteiger charge is 2.17. The minimum absolute atomic E-state index is 0.181. The van der Waals surface area contributed by atoms with Crippen LogP contribution in [0.3, 0.4) is 0 Å². The van der Waals surface area contributed by atoms with Gasteiger partial charge in [-0.1, -0.05) is 46.8 Å². The Balaban J connectivity index is 2.10. The van der Waals surface area contributed by atoms with Crippen LogP contribution in [0.2, 0.25) is 0 Å². The number of nitrogens with one attached hydrogen (secondary N) is 1. The molecular formula is C20H34N2O. The highest BCUT2D eigenvalue weighted by atomic mass is 16.5. The van der Waals surface area contributed by atoms with Gasteiger partial charge < -0.3 is 15.0 Å². The molecule has 3 nitrogen and oxygen atoms in total. The third-order valence-electron chi connectivity index (χ3n) is 4.41. The zero-order chi connectivity index (χ0) is 16.9. The van der Waals surface area contributed by atoms with Gasteiger partial charge in [0.05, 0.1) is 6.61 Å². The monoisotopic (exact) mass is 318 g/mol. The second-order valence-electron chi connectivity index (χ2n) is 8.12. The Morgan fingerprint density at radius 1 is 1.17 bits per heavy atom. The van der Waals surface area contributed by atoms with Crippen LogP contribution in [0.15, 0.2) is 18.2 Å². The maximum absolute atomic E-state index is 6.08. The Morgan fingerprint density at radius 3 is 2.48 bits per heavy atom. The van der Waals surface area contributed by atoms with Crippen LogP contribution < -0.4 is 10.1 Å². The van der Waals surface area contributed by atoms with Gasteiger partial charge in [0.25, 0.3) is 0 Å². The molecule has 3 heteroatoms. The van der Waals surface area contributed by atoms with Crippen LogP contribution in [0, 0.1) is 5.92 Å². The minimum Gasteiger partial charge on any atom is -0.493 e. The van der Waals surface area contributed by atoms with Gasteiger partial charge in [0.1, 0.15) is 5.75 Å². The molecule has 0 amide bonds. The van der Waals surface area contributed by atoms with Crippen molar-refractivity contribution >= 4 is 0 Å². The number of piperazine rings is 1. The van der Waals surface area contributed by atoms with Crippen LogP contribution in [0.5, 0.6) is 5.75 Å². The predicted octanol–water partition coefficient (Wildman–Crippen LogP) is 3.47. The number of ether oxygens (including phenoxy) is 1. The van der Waals surface area contributed by atoms with E-state index in [2.05, 4.69) is 63.0 Å². The molecule has 1 aromatic rings. The maximum Gasteiger partial charge on any atom is 0.122 e. The van der Waals surface area contributed by atoms with Gasteiger partial charge in [-0.25, -0.2) is 0 Å². The lowest BCUT2D eigenvalue weighted by atomic mass is 9.85. The first kappa shape index (κ1) is 18.3. The van der Waals surface area contributed by atoms with E-state index < -0.39 is 0 Å². The van der Waals surface area contributed by atoms with E-state index in [1.54, 1.807) is 0 Å². The molecular weight excluding hydrogens is 284 g/mol. The maximum atomic E-state index is 6.08. The molecule has 1 N–H and O–H groups in total. The highest BCUT2D eigenvalue weighted by molar-refractivity contribution is 5.40. The van der Waals surface area contributed by atoms with Gasteiger partial charge in [0.2, 0.25) is 0 Å². The number of nitrogens with zero attached hydrogens (tertiary/aromatic N) is 1. The predicted molar refractivity (Wildman–Crippen MR) is 98.5 cm³/mol. The third-order valence-corrected chi connectivity index (χ3v) is 4.41. The number of rotatable bonds is 6. The Labute approximate surface area is 142 Å². The summed E-state index contributed by atoms with van der Waals surface area (Å²) < 4.78 is 6.08. The van der Waals surface area contributed by atoms with Gasteiger partial charge in [-0.05, 0) is 34.9 Å². The number of hydrogen-bond donors (Lipinski definition) is 1. The summed E-state index contributed by atoms with van der Waals surface area (Å²) in [6.45, 7) is 17.7. The summed E-state index contributed by atoms with van der Waals surface area (Å²) in [7, 11) is 0. The molecule has 1 aliphatic rings. The molecule has 1 saturated heterocycles. The minimum atomic E-state index is 0.181. The zero-order valence-electron chi connectivity index (χ0n) is 15.6. The summed E-state index contributed by atoms with van der Waals surface area (Å²) in [5.74, 6) is 1.63. The molecule has 1 heterocycles. The molecule has 0 spiro atoms. The van der Waals surface area contributed by atoms with Crippen molar-refractivity contribution in [3.63, 3.8) is 0 Å².